The van der Waals surface area contributed by atoms with Crippen molar-refractivity contribution < 1.29 is 28.5 Å². The minimum atomic E-state index is -0.979. The second-order valence-electron chi connectivity index (χ2n) is 9.85. The summed E-state index contributed by atoms with van der Waals surface area (Å²) in [6.07, 6.45) is 1.67. The molecule has 1 saturated heterocycles. The molecule has 3 N–H and O–H groups in total. The van der Waals surface area contributed by atoms with E-state index in [2.05, 4.69) is 25.8 Å². The first-order chi connectivity index (χ1) is 19.5. The van der Waals surface area contributed by atoms with Crippen molar-refractivity contribution in [1.29, 1.82) is 0 Å². The second-order valence-corrected chi connectivity index (χ2v) is 9.85. The lowest BCUT2D eigenvalue weighted by Crippen LogP contribution is -2.48. The van der Waals surface area contributed by atoms with Crippen LogP contribution in [0.4, 0.5) is 16.2 Å². The van der Waals surface area contributed by atoms with E-state index < -0.39 is 5.97 Å². The fourth-order valence-corrected chi connectivity index (χ4v) is 5.06. The summed E-state index contributed by atoms with van der Waals surface area (Å²) < 4.78 is 29.7. The number of nitrogens with two attached hydrogens (primary N) is 1. The number of carboxylic acid groups (broad SMARTS) is 1. The van der Waals surface area contributed by atoms with Crippen LogP contribution in [0.3, 0.4) is 0 Å². The lowest BCUT2D eigenvalue weighted by Gasteiger charge is -2.37. The predicted molar refractivity (Wildman–Crippen MR) is 148 cm³/mol. The first kappa shape index (κ1) is 27.8. The maximum atomic E-state index is 13.2. The van der Waals surface area contributed by atoms with Crippen LogP contribution in [0.1, 0.15) is 16.7 Å². The average Bonchev–Trinajstić information content (AvgIpc) is 2.96. The summed E-state index contributed by atoms with van der Waals surface area (Å²) >= 11 is 0. The zero-order chi connectivity index (χ0) is 27.9. The van der Waals surface area contributed by atoms with Crippen LogP contribution in [0.2, 0.25) is 0 Å². The van der Waals surface area contributed by atoms with Crippen molar-refractivity contribution >= 4 is 17.7 Å². The summed E-state index contributed by atoms with van der Waals surface area (Å²) in [5.41, 5.74) is 11.3. The summed E-state index contributed by atoms with van der Waals surface area (Å²) in [6.45, 7) is 5.49. The molecule has 40 heavy (non-hydrogen) atoms. The number of hydrogen-bond acceptors (Lipinski definition) is 9. The maximum Gasteiger partial charge on any atom is 0.329 e. The fraction of sp³-hybridized carbons (Fsp3) is 0.414. The highest BCUT2D eigenvalue weighted by Gasteiger charge is 2.27. The molecule has 10 nitrogen and oxygen atoms in total. The van der Waals surface area contributed by atoms with Crippen LogP contribution in [0.5, 0.6) is 5.75 Å². The molecule has 3 aromatic rings. The Morgan fingerprint density at radius 3 is 2.52 bits per heavy atom. The van der Waals surface area contributed by atoms with Gasteiger partial charge >= 0.3 is 5.97 Å². The Labute approximate surface area is 232 Å². The topological polar surface area (TPSA) is 123 Å². The Balaban J connectivity index is 1.17. The number of fused-ring (bicyclic) bond motifs is 3. The molecule has 0 bridgehead atoms. The van der Waals surface area contributed by atoms with Crippen LogP contribution < -0.4 is 15.4 Å². The van der Waals surface area contributed by atoms with Gasteiger partial charge in [0, 0.05) is 43.9 Å². The van der Waals surface area contributed by atoms with Crippen molar-refractivity contribution in [1.82, 2.24) is 14.9 Å². The van der Waals surface area contributed by atoms with Crippen LogP contribution in [0.15, 0.2) is 42.5 Å². The molecule has 2 aromatic carbocycles. The monoisotopic (exact) mass is 551 g/mol. The van der Waals surface area contributed by atoms with Gasteiger partial charge in [-0.2, -0.15) is 4.98 Å². The molecule has 0 saturated carbocycles. The highest BCUT2D eigenvalue weighted by Crippen LogP contribution is 2.38. The average molecular weight is 552 g/mol. The molecule has 0 atom stereocenters. The van der Waals surface area contributed by atoms with Crippen molar-refractivity contribution in [3.63, 3.8) is 0 Å². The van der Waals surface area contributed by atoms with Gasteiger partial charge in [-0.05, 0) is 54.3 Å². The number of halogens is 1. The smallest absolute Gasteiger partial charge is 0.329 e. The fourth-order valence-electron chi connectivity index (χ4n) is 5.06. The minimum absolute atomic E-state index is 0.262. The number of rotatable bonds is 12. The van der Waals surface area contributed by atoms with Gasteiger partial charge in [0.25, 0.3) is 0 Å². The number of benzene rings is 2. The molecule has 0 amide bonds. The summed E-state index contributed by atoms with van der Waals surface area (Å²) in [4.78, 5) is 24.4. The van der Waals surface area contributed by atoms with Crippen LogP contribution in [0, 0.1) is 5.82 Å². The van der Waals surface area contributed by atoms with Gasteiger partial charge in [-0.1, -0.05) is 12.1 Å². The van der Waals surface area contributed by atoms with E-state index in [0.717, 1.165) is 85.1 Å². The molecule has 2 heterocycles. The van der Waals surface area contributed by atoms with Crippen molar-refractivity contribution in [2.24, 2.45) is 0 Å². The first-order valence-electron chi connectivity index (χ1n) is 13.5. The van der Waals surface area contributed by atoms with E-state index in [1.807, 2.05) is 12.1 Å². The van der Waals surface area contributed by atoms with Crippen LogP contribution in [0.25, 0.3) is 11.3 Å². The third kappa shape index (κ3) is 7.04. The highest BCUT2D eigenvalue weighted by molar-refractivity contribution is 5.76. The van der Waals surface area contributed by atoms with E-state index in [1.54, 1.807) is 12.1 Å². The van der Waals surface area contributed by atoms with Gasteiger partial charge < -0.3 is 30.0 Å². The Morgan fingerprint density at radius 2 is 1.75 bits per heavy atom. The van der Waals surface area contributed by atoms with Crippen LogP contribution >= 0.6 is 0 Å². The van der Waals surface area contributed by atoms with Crippen molar-refractivity contribution in [2.45, 2.75) is 19.4 Å². The van der Waals surface area contributed by atoms with Gasteiger partial charge in [0.1, 0.15) is 30.6 Å². The highest BCUT2D eigenvalue weighted by atomic mass is 19.1. The van der Waals surface area contributed by atoms with Gasteiger partial charge in [0.15, 0.2) is 0 Å². The summed E-state index contributed by atoms with van der Waals surface area (Å²) in [5, 5.41) is 8.58. The molecule has 11 heteroatoms. The number of anilines is 2. The third-order valence-corrected chi connectivity index (χ3v) is 7.12. The number of carbonyl (C=O) groups is 1. The quantitative estimate of drug-likeness (QED) is 0.325. The summed E-state index contributed by atoms with van der Waals surface area (Å²) in [6, 6.07) is 12.3. The van der Waals surface area contributed by atoms with E-state index in [-0.39, 0.29) is 25.0 Å². The number of ether oxygens (including phenoxy) is 3. The molecule has 212 valence electrons. The van der Waals surface area contributed by atoms with E-state index >= 15 is 0 Å². The number of nitrogens with zero attached hydrogens (tertiary/aromatic N) is 4. The molecule has 2 aliphatic rings. The Kier molecular flexibility index (Phi) is 9.04. The standard InChI is InChI=1S/C29H34FN5O5/c30-22-4-1-20(2-5-22)18-40-23-6-8-24-21(17-23)3-7-25-27(24)32-29(31)33-28(25)35-11-9-34(10-12-35)13-14-38-15-16-39-19-26(36)37/h1-2,4-6,8,17H,3,7,9-16,18-19H2,(H,36,37)(H2,31,32,33). The number of aromatic nitrogens is 2. The number of nitrogen functional groups attached to an aromatic ring is 1. The Bertz CT molecular complexity index is 1310. The molecule has 1 aromatic heterocycles. The van der Waals surface area contributed by atoms with Gasteiger partial charge in [-0.15, -0.1) is 0 Å². The number of aryl methyl sites for hydroxylation is 1. The van der Waals surface area contributed by atoms with E-state index in [4.69, 9.17) is 25.1 Å². The molecular formula is C29H34FN5O5. The van der Waals surface area contributed by atoms with Gasteiger partial charge in [-0.25, -0.2) is 14.2 Å². The molecule has 1 aliphatic carbocycles. The normalized spacial score (nSPS) is 15.0. The predicted octanol–water partition coefficient (Wildman–Crippen LogP) is 2.78. The largest absolute Gasteiger partial charge is 0.489 e. The van der Waals surface area contributed by atoms with Crippen molar-refractivity contribution in [2.75, 3.05) is 69.8 Å². The van der Waals surface area contributed by atoms with Crippen LogP contribution in [-0.4, -0.2) is 85.1 Å². The van der Waals surface area contributed by atoms with Crippen LogP contribution in [-0.2, 0) is 33.7 Å². The first-order valence-corrected chi connectivity index (χ1v) is 13.5. The number of aliphatic carboxylic acids is 1. The van der Waals surface area contributed by atoms with Gasteiger partial charge in [-0.3, -0.25) is 4.90 Å². The molecule has 1 aliphatic heterocycles. The molecule has 0 unspecified atom stereocenters. The zero-order valence-electron chi connectivity index (χ0n) is 22.4. The minimum Gasteiger partial charge on any atom is -0.489 e. The number of carboxylic acids is 1. The molecular weight excluding hydrogens is 517 g/mol. The lowest BCUT2D eigenvalue weighted by molar-refractivity contribution is -0.142. The molecule has 0 spiro atoms. The second kappa shape index (κ2) is 13.0. The zero-order valence-corrected chi connectivity index (χ0v) is 22.4. The number of hydrogen-bond donors (Lipinski definition) is 2. The lowest BCUT2D eigenvalue weighted by atomic mass is 9.88. The Hall–Kier alpha value is -3.80. The SMILES string of the molecule is Nc1nc2c(c(N3CCN(CCOCCOCC(=O)O)CC3)n1)CCc1cc(OCc3ccc(F)cc3)ccc1-2. The number of piperazine rings is 1. The summed E-state index contributed by atoms with van der Waals surface area (Å²) in [7, 11) is 0. The third-order valence-electron chi connectivity index (χ3n) is 7.12. The molecule has 5 rings (SSSR count). The maximum absolute atomic E-state index is 13.2. The Morgan fingerprint density at radius 1 is 0.975 bits per heavy atom. The van der Waals surface area contributed by atoms with E-state index in [0.29, 0.717) is 19.8 Å². The van der Waals surface area contributed by atoms with Gasteiger partial charge in [0.05, 0.1) is 25.5 Å². The van der Waals surface area contributed by atoms with Crippen molar-refractivity contribution in [3.05, 3.63) is 65.0 Å². The van der Waals surface area contributed by atoms with E-state index in [1.165, 1.54) is 12.1 Å². The van der Waals surface area contributed by atoms with E-state index in [9.17, 15) is 9.18 Å². The summed E-state index contributed by atoms with van der Waals surface area (Å²) in [5.74, 6) is 0.701. The van der Waals surface area contributed by atoms with Crippen molar-refractivity contribution in [3.8, 4) is 17.0 Å². The molecule has 1 fully saturated rings. The molecule has 0 radical (unpaired) electrons. The van der Waals surface area contributed by atoms with Gasteiger partial charge in [0.2, 0.25) is 5.95 Å².